The Hall–Kier alpha value is -4.75. The predicted octanol–water partition coefficient (Wildman–Crippen LogP) is 8.96. The molecule has 290 valence electrons. The van der Waals surface area contributed by atoms with Crippen molar-refractivity contribution in [2.45, 2.75) is 76.6 Å². The molecule has 0 amide bonds. The molecule has 2 heterocycles. The SMILES string of the molecule is COc1nc(O[C@H]2CCc3c(-c4cccc(-c5cc(F)c(CNC[C@@H]6CCC(=O)C6)c(OC)n5)c4Cl)cccc32)c(C(F)(F)F)cc1CCC1(C(=O)O)CC1. The zero-order valence-electron chi connectivity index (χ0n) is 30.3. The molecule has 4 aromatic rings. The normalized spacial score (nSPS) is 18.6. The van der Waals surface area contributed by atoms with Crippen molar-refractivity contribution in [3.05, 3.63) is 87.2 Å². The van der Waals surface area contributed by atoms with Crippen LogP contribution < -0.4 is 19.5 Å². The van der Waals surface area contributed by atoms with Crippen molar-refractivity contribution in [3.8, 4) is 40.0 Å². The lowest BCUT2D eigenvalue weighted by Gasteiger charge is -2.21. The van der Waals surface area contributed by atoms with E-state index in [1.807, 2.05) is 12.1 Å². The first-order valence-corrected chi connectivity index (χ1v) is 18.6. The van der Waals surface area contributed by atoms with Crippen LogP contribution in [0.4, 0.5) is 17.6 Å². The van der Waals surface area contributed by atoms with E-state index >= 15 is 4.39 Å². The number of hydrogen-bond donors (Lipinski definition) is 2. The molecule has 0 aliphatic heterocycles. The summed E-state index contributed by atoms with van der Waals surface area (Å²) in [6, 6.07) is 13.0. The van der Waals surface area contributed by atoms with Gasteiger partial charge in [0.1, 0.15) is 23.3 Å². The van der Waals surface area contributed by atoms with Gasteiger partial charge in [-0.15, -0.1) is 0 Å². The molecule has 0 saturated heterocycles. The lowest BCUT2D eigenvalue weighted by atomic mass is 9.94. The summed E-state index contributed by atoms with van der Waals surface area (Å²) in [6.07, 6.45) is -1.63. The zero-order valence-corrected chi connectivity index (χ0v) is 31.1. The number of hydrogen-bond acceptors (Lipinski definition) is 8. The van der Waals surface area contributed by atoms with Gasteiger partial charge in [0.05, 0.1) is 35.9 Å². The number of aliphatic carboxylic acids is 1. The van der Waals surface area contributed by atoms with Gasteiger partial charge in [-0.3, -0.25) is 9.59 Å². The number of carboxylic acids is 1. The number of nitrogens with one attached hydrogen (secondary N) is 1. The van der Waals surface area contributed by atoms with E-state index < -0.39 is 40.9 Å². The number of halogens is 5. The molecule has 55 heavy (non-hydrogen) atoms. The van der Waals surface area contributed by atoms with E-state index in [1.165, 1.54) is 20.3 Å². The average Bonchev–Trinajstić information content (AvgIpc) is 3.68. The van der Waals surface area contributed by atoms with Gasteiger partial charge in [-0.2, -0.15) is 18.2 Å². The molecule has 2 saturated carbocycles. The summed E-state index contributed by atoms with van der Waals surface area (Å²) in [4.78, 5) is 32.1. The maximum Gasteiger partial charge on any atom is 0.421 e. The van der Waals surface area contributed by atoms with Gasteiger partial charge in [0.2, 0.25) is 17.6 Å². The summed E-state index contributed by atoms with van der Waals surface area (Å²) in [6.45, 7) is 0.749. The molecule has 0 unspecified atom stereocenters. The molecular weight excluding hydrogens is 742 g/mol. The van der Waals surface area contributed by atoms with Crippen molar-refractivity contribution in [1.82, 2.24) is 15.3 Å². The lowest BCUT2D eigenvalue weighted by Crippen LogP contribution is -2.22. The molecule has 2 fully saturated rings. The Bertz CT molecular complexity index is 2140. The van der Waals surface area contributed by atoms with E-state index in [-0.39, 0.29) is 59.7 Å². The van der Waals surface area contributed by atoms with Crippen LogP contribution in [0.25, 0.3) is 22.4 Å². The number of alkyl halides is 3. The number of ketones is 1. The second-order valence-electron chi connectivity index (χ2n) is 14.5. The number of carboxylic acid groups (broad SMARTS) is 1. The van der Waals surface area contributed by atoms with E-state index in [0.717, 1.165) is 23.6 Å². The number of carbonyl (C=O) groups excluding carboxylic acids is 1. The van der Waals surface area contributed by atoms with Gasteiger partial charge >= 0.3 is 12.1 Å². The molecule has 2 atom stereocenters. The van der Waals surface area contributed by atoms with Gasteiger partial charge in [0.15, 0.2) is 0 Å². The predicted molar refractivity (Wildman–Crippen MR) is 196 cm³/mol. The topological polar surface area (TPSA) is 120 Å². The average molecular weight is 782 g/mol. The van der Waals surface area contributed by atoms with E-state index in [4.69, 9.17) is 25.8 Å². The number of nitrogens with zero attached hydrogens (tertiary/aromatic N) is 2. The number of aryl methyl sites for hydroxylation is 1. The Morgan fingerprint density at radius 1 is 0.982 bits per heavy atom. The van der Waals surface area contributed by atoms with Crippen LogP contribution in [0, 0.1) is 17.2 Å². The second-order valence-corrected chi connectivity index (χ2v) is 14.9. The van der Waals surface area contributed by atoms with Crippen molar-refractivity contribution in [2.24, 2.45) is 11.3 Å². The fourth-order valence-electron chi connectivity index (χ4n) is 7.78. The molecule has 2 N–H and O–H groups in total. The molecule has 7 rings (SSSR count). The van der Waals surface area contributed by atoms with Gasteiger partial charge in [-0.05, 0) is 80.2 Å². The minimum absolute atomic E-state index is 0.0486. The third kappa shape index (κ3) is 7.86. The van der Waals surface area contributed by atoms with E-state index in [0.29, 0.717) is 66.8 Å². The molecule has 14 heteroatoms. The van der Waals surface area contributed by atoms with Crippen LogP contribution in [-0.4, -0.2) is 47.6 Å². The molecule has 0 radical (unpaired) electrons. The highest BCUT2D eigenvalue weighted by atomic mass is 35.5. The molecule has 2 aromatic carbocycles. The fourth-order valence-corrected chi connectivity index (χ4v) is 8.11. The highest BCUT2D eigenvalue weighted by Crippen LogP contribution is 2.51. The number of aromatic nitrogens is 2. The summed E-state index contributed by atoms with van der Waals surface area (Å²) in [7, 11) is 2.72. The number of ether oxygens (including phenoxy) is 3. The summed E-state index contributed by atoms with van der Waals surface area (Å²) >= 11 is 7.04. The molecule has 0 spiro atoms. The number of pyridine rings is 2. The molecule has 0 bridgehead atoms. The van der Waals surface area contributed by atoms with Crippen LogP contribution in [-0.2, 0) is 35.2 Å². The van der Waals surface area contributed by atoms with E-state index in [2.05, 4.69) is 15.3 Å². The van der Waals surface area contributed by atoms with Crippen molar-refractivity contribution >= 4 is 23.4 Å². The number of methoxy groups -OCH3 is 2. The van der Waals surface area contributed by atoms with Crippen molar-refractivity contribution < 1.29 is 46.5 Å². The minimum Gasteiger partial charge on any atom is -0.481 e. The Kier molecular flexibility index (Phi) is 10.8. The van der Waals surface area contributed by atoms with Crippen LogP contribution in [0.15, 0.2) is 48.5 Å². The largest absolute Gasteiger partial charge is 0.481 e. The highest BCUT2D eigenvalue weighted by Gasteiger charge is 2.50. The summed E-state index contributed by atoms with van der Waals surface area (Å²) in [5.41, 5.74) is 2.06. The standard InChI is InChI=1S/C41H40ClF4N3O6/c1-53-36-23(13-14-40(15-16-40)39(51)52)18-31(41(44,45)46)38(49-36)55-34-12-11-26-25(5-3-6-27(26)34)28-7-4-8-29(35(28)42)33-19-32(43)30(37(48-33)54-2)21-47-20-22-9-10-24(50)17-22/h3-8,18-19,22,34,47H,9-17,20-21H2,1-2H3,(H,51,52)/t22-,34+/m1/s1. The lowest BCUT2D eigenvalue weighted by molar-refractivity contribution is -0.143. The van der Waals surface area contributed by atoms with Crippen LogP contribution in [0.3, 0.4) is 0 Å². The number of benzene rings is 2. The summed E-state index contributed by atoms with van der Waals surface area (Å²) < 4.78 is 75.9. The first-order valence-electron chi connectivity index (χ1n) is 18.2. The summed E-state index contributed by atoms with van der Waals surface area (Å²) in [5.74, 6) is -1.58. The Morgan fingerprint density at radius 3 is 2.38 bits per heavy atom. The second kappa shape index (κ2) is 15.4. The molecule has 3 aliphatic carbocycles. The number of carbonyl (C=O) groups is 2. The fraction of sp³-hybridized carbons (Fsp3) is 0.415. The quantitative estimate of drug-likeness (QED) is 0.121. The first kappa shape index (κ1) is 38.5. The molecule has 9 nitrogen and oxygen atoms in total. The van der Waals surface area contributed by atoms with Gasteiger partial charge in [0, 0.05) is 42.1 Å². The highest BCUT2D eigenvalue weighted by molar-refractivity contribution is 6.36. The minimum atomic E-state index is -4.80. The monoisotopic (exact) mass is 781 g/mol. The van der Waals surface area contributed by atoms with Crippen LogP contribution in [0.2, 0.25) is 5.02 Å². The van der Waals surface area contributed by atoms with Crippen LogP contribution >= 0.6 is 11.6 Å². The summed E-state index contributed by atoms with van der Waals surface area (Å²) in [5, 5.41) is 13.1. The molecular formula is C41H40ClF4N3O6. The van der Waals surface area contributed by atoms with Crippen LogP contribution in [0.5, 0.6) is 17.6 Å². The Balaban J connectivity index is 1.14. The van der Waals surface area contributed by atoms with Crippen molar-refractivity contribution in [1.29, 1.82) is 0 Å². The maximum absolute atomic E-state index is 15.6. The van der Waals surface area contributed by atoms with Crippen molar-refractivity contribution in [2.75, 3.05) is 20.8 Å². The van der Waals surface area contributed by atoms with Gasteiger partial charge < -0.3 is 24.6 Å². The van der Waals surface area contributed by atoms with E-state index in [9.17, 15) is 27.9 Å². The van der Waals surface area contributed by atoms with Crippen molar-refractivity contribution in [3.63, 3.8) is 0 Å². The molecule has 2 aromatic heterocycles. The first-order chi connectivity index (χ1) is 26.3. The van der Waals surface area contributed by atoms with Gasteiger partial charge in [0.25, 0.3) is 0 Å². The molecule has 3 aliphatic rings. The third-order valence-electron chi connectivity index (χ3n) is 11.0. The van der Waals surface area contributed by atoms with Gasteiger partial charge in [-0.25, -0.2) is 9.37 Å². The Labute approximate surface area is 320 Å². The smallest absolute Gasteiger partial charge is 0.421 e. The zero-order chi connectivity index (χ0) is 39.1. The maximum atomic E-state index is 15.6. The number of Topliss-reactive ketones (excluding diaryl/α,β-unsaturated/α-hetero) is 1. The third-order valence-corrected chi connectivity index (χ3v) is 11.5. The Morgan fingerprint density at radius 2 is 1.71 bits per heavy atom. The number of fused-ring (bicyclic) bond motifs is 1. The van der Waals surface area contributed by atoms with E-state index in [1.54, 1.807) is 24.3 Å². The van der Waals surface area contributed by atoms with Gasteiger partial charge in [-0.1, -0.05) is 48.0 Å². The van der Waals surface area contributed by atoms with Crippen LogP contribution in [0.1, 0.15) is 78.9 Å². The number of rotatable bonds is 14.